The summed E-state index contributed by atoms with van der Waals surface area (Å²) < 4.78 is 45.8. The number of aromatic nitrogens is 2. The second kappa shape index (κ2) is 9.05. The van der Waals surface area contributed by atoms with Crippen LogP contribution in [0.25, 0.3) is 0 Å². The molecule has 2 heterocycles. The monoisotopic (exact) mass is 483 g/mol. The number of ether oxygens (including phenoxy) is 1. The van der Waals surface area contributed by atoms with Crippen LogP contribution in [-0.4, -0.2) is 30.0 Å². The highest BCUT2D eigenvalue weighted by Crippen LogP contribution is 2.39. The number of rotatable bonds is 5. The zero-order valence-corrected chi connectivity index (χ0v) is 19.1. The van der Waals surface area contributed by atoms with Gasteiger partial charge in [-0.2, -0.15) is 18.3 Å². The summed E-state index contributed by atoms with van der Waals surface area (Å²) in [7, 11) is 1.56. The van der Waals surface area contributed by atoms with Gasteiger partial charge in [0.15, 0.2) is 5.69 Å². The molecule has 1 aromatic carbocycles. The summed E-state index contributed by atoms with van der Waals surface area (Å²) >= 11 is 18.4. The molecule has 1 fully saturated rings. The third-order valence-corrected chi connectivity index (χ3v) is 6.82. The fraction of sp³-hybridized carbons (Fsp3) is 0.550. The van der Waals surface area contributed by atoms with E-state index >= 15 is 0 Å². The molecule has 0 N–H and O–H groups in total. The summed E-state index contributed by atoms with van der Waals surface area (Å²) in [5.74, 6) is 1.07. The van der Waals surface area contributed by atoms with Gasteiger partial charge in [0.05, 0.1) is 33.6 Å². The summed E-state index contributed by atoms with van der Waals surface area (Å²) in [5.41, 5.74) is 0.192. The molecular weight excluding hydrogens is 462 g/mol. The first-order valence-corrected chi connectivity index (χ1v) is 10.7. The van der Waals surface area contributed by atoms with Gasteiger partial charge in [-0.15, -0.1) is 0 Å². The zero-order chi connectivity index (χ0) is 22.2. The second-order valence-electron chi connectivity index (χ2n) is 7.67. The van der Waals surface area contributed by atoms with Gasteiger partial charge in [0.25, 0.3) is 0 Å². The largest absolute Gasteiger partial charge is 0.495 e. The number of benzene rings is 1. The standard InChI is InChI=1S/C20H23Cl3F3N3O/c1-11(10-29-12(2)18(23)19(27-29)20(24,25)26)13-4-6-28(7-5-13)16-9-17(30-3)15(22)8-14(16)21/h8-9,11,13H,4-7,10H2,1-3H3. The van der Waals surface area contributed by atoms with Crippen LogP contribution in [0.4, 0.5) is 18.9 Å². The molecule has 1 atom stereocenters. The van der Waals surface area contributed by atoms with E-state index < -0.39 is 11.9 Å². The number of halogens is 6. The van der Waals surface area contributed by atoms with E-state index in [0.717, 1.165) is 31.6 Å². The molecule has 1 aliphatic rings. The van der Waals surface area contributed by atoms with E-state index in [1.54, 1.807) is 20.1 Å². The Morgan fingerprint density at radius 2 is 1.80 bits per heavy atom. The van der Waals surface area contributed by atoms with Crippen LogP contribution in [-0.2, 0) is 12.7 Å². The fourth-order valence-electron chi connectivity index (χ4n) is 3.93. The van der Waals surface area contributed by atoms with Crippen LogP contribution in [0.3, 0.4) is 0 Å². The highest BCUT2D eigenvalue weighted by Gasteiger charge is 2.38. The molecule has 3 rings (SSSR count). The molecule has 0 radical (unpaired) electrons. The van der Waals surface area contributed by atoms with Crippen molar-refractivity contribution in [3.05, 3.63) is 38.6 Å². The van der Waals surface area contributed by atoms with Crippen LogP contribution < -0.4 is 9.64 Å². The predicted molar refractivity (Wildman–Crippen MR) is 114 cm³/mol. The number of hydrogen-bond acceptors (Lipinski definition) is 3. The van der Waals surface area contributed by atoms with Gasteiger partial charge in [0.1, 0.15) is 5.75 Å². The predicted octanol–water partition coefficient (Wildman–Crippen LogP) is 6.73. The van der Waals surface area contributed by atoms with E-state index in [9.17, 15) is 13.2 Å². The number of piperidine rings is 1. The Kier molecular flexibility index (Phi) is 7.04. The third-order valence-electron chi connectivity index (χ3n) is 5.77. The van der Waals surface area contributed by atoms with Gasteiger partial charge >= 0.3 is 6.18 Å². The van der Waals surface area contributed by atoms with Crippen molar-refractivity contribution < 1.29 is 17.9 Å². The first-order chi connectivity index (χ1) is 14.0. The molecule has 1 aliphatic heterocycles. The highest BCUT2D eigenvalue weighted by molar-refractivity contribution is 6.37. The normalized spacial score (nSPS) is 16.8. The van der Waals surface area contributed by atoms with Crippen molar-refractivity contribution in [1.29, 1.82) is 0 Å². The van der Waals surface area contributed by atoms with Crippen molar-refractivity contribution in [2.45, 2.75) is 39.4 Å². The molecule has 0 aliphatic carbocycles. The molecule has 0 spiro atoms. The van der Waals surface area contributed by atoms with Gasteiger partial charge in [-0.3, -0.25) is 4.68 Å². The summed E-state index contributed by atoms with van der Waals surface area (Å²) in [6, 6.07) is 3.51. The van der Waals surface area contributed by atoms with Crippen molar-refractivity contribution in [2.75, 3.05) is 25.1 Å². The van der Waals surface area contributed by atoms with Gasteiger partial charge in [0, 0.05) is 25.7 Å². The van der Waals surface area contributed by atoms with E-state index in [4.69, 9.17) is 39.5 Å². The van der Waals surface area contributed by atoms with Crippen molar-refractivity contribution in [3.63, 3.8) is 0 Å². The van der Waals surface area contributed by atoms with E-state index in [1.807, 2.05) is 13.0 Å². The molecule has 2 aromatic rings. The van der Waals surface area contributed by atoms with Crippen molar-refractivity contribution >= 4 is 40.5 Å². The topological polar surface area (TPSA) is 30.3 Å². The van der Waals surface area contributed by atoms with Crippen molar-refractivity contribution in [1.82, 2.24) is 9.78 Å². The number of anilines is 1. The Labute approximate surface area is 188 Å². The van der Waals surface area contributed by atoms with Gasteiger partial charge in [0.2, 0.25) is 0 Å². The minimum absolute atomic E-state index is 0.151. The molecule has 0 bridgehead atoms. The lowest BCUT2D eigenvalue weighted by molar-refractivity contribution is -0.141. The molecule has 4 nitrogen and oxygen atoms in total. The molecule has 0 saturated carbocycles. The maximum Gasteiger partial charge on any atom is 0.436 e. The highest BCUT2D eigenvalue weighted by atomic mass is 35.5. The molecule has 1 saturated heterocycles. The molecule has 30 heavy (non-hydrogen) atoms. The molecule has 1 unspecified atom stereocenters. The lowest BCUT2D eigenvalue weighted by Crippen LogP contribution is -2.36. The number of methoxy groups -OCH3 is 1. The second-order valence-corrected chi connectivity index (χ2v) is 8.86. The molecule has 10 heteroatoms. The van der Waals surface area contributed by atoms with Gasteiger partial charge in [-0.1, -0.05) is 41.7 Å². The Morgan fingerprint density at radius 1 is 1.17 bits per heavy atom. The molecule has 1 aromatic heterocycles. The van der Waals surface area contributed by atoms with Crippen LogP contribution in [0, 0.1) is 18.8 Å². The van der Waals surface area contributed by atoms with Gasteiger partial charge in [-0.25, -0.2) is 0 Å². The summed E-state index contributed by atoms with van der Waals surface area (Å²) in [6.07, 6.45) is -2.77. The van der Waals surface area contributed by atoms with E-state index in [0.29, 0.717) is 34.0 Å². The average Bonchev–Trinajstić information content (AvgIpc) is 2.97. The van der Waals surface area contributed by atoms with Crippen molar-refractivity contribution in [3.8, 4) is 5.75 Å². The fourth-order valence-corrected chi connectivity index (χ4v) is 4.75. The van der Waals surface area contributed by atoms with E-state index in [2.05, 4.69) is 10.00 Å². The molecule has 0 amide bonds. The minimum Gasteiger partial charge on any atom is -0.495 e. The van der Waals surface area contributed by atoms with Crippen LogP contribution in [0.1, 0.15) is 31.2 Å². The van der Waals surface area contributed by atoms with Crippen LogP contribution in [0.5, 0.6) is 5.75 Å². The van der Waals surface area contributed by atoms with E-state index in [-0.39, 0.29) is 10.9 Å². The smallest absolute Gasteiger partial charge is 0.436 e. The zero-order valence-electron chi connectivity index (χ0n) is 16.9. The van der Waals surface area contributed by atoms with E-state index in [1.165, 1.54) is 4.68 Å². The van der Waals surface area contributed by atoms with Gasteiger partial charge in [-0.05, 0) is 37.7 Å². The lowest BCUT2D eigenvalue weighted by Gasteiger charge is -2.36. The van der Waals surface area contributed by atoms with Crippen molar-refractivity contribution in [2.24, 2.45) is 11.8 Å². The molecular formula is C20H23Cl3F3N3O. The lowest BCUT2D eigenvalue weighted by atomic mass is 9.85. The Balaban J connectivity index is 1.66. The quantitative estimate of drug-likeness (QED) is 0.471. The Morgan fingerprint density at radius 3 is 2.33 bits per heavy atom. The molecule has 166 valence electrons. The first-order valence-electron chi connectivity index (χ1n) is 9.61. The summed E-state index contributed by atoms with van der Waals surface area (Å²) in [5, 5.41) is 4.42. The SMILES string of the molecule is COc1cc(N2CCC(C(C)Cn3nc(C(F)(F)F)c(Cl)c3C)CC2)c(Cl)cc1Cl. The summed E-state index contributed by atoms with van der Waals surface area (Å²) in [6.45, 7) is 5.57. The minimum atomic E-state index is -4.55. The van der Waals surface area contributed by atoms with Crippen LogP contribution in [0.15, 0.2) is 12.1 Å². The maximum atomic E-state index is 13.1. The Hall–Kier alpha value is -1.31. The number of alkyl halides is 3. The van der Waals surface area contributed by atoms with Crippen LogP contribution in [0.2, 0.25) is 15.1 Å². The van der Waals surface area contributed by atoms with Gasteiger partial charge < -0.3 is 9.64 Å². The van der Waals surface area contributed by atoms with Crippen LogP contribution >= 0.6 is 34.8 Å². The average molecular weight is 485 g/mol. The summed E-state index contributed by atoms with van der Waals surface area (Å²) in [4.78, 5) is 2.18. The first kappa shape index (κ1) is 23.4. The Bertz CT molecular complexity index is 909. The third kappa shape index (κ3) is 4.78. The number of hydrogen-bond donors (Lipinski definition) is 0. The maximum absolute atomic E-state index is 13.1. The number of nitrogens with zero attached hydrogens (tertiary/aromatic N) is 3.